The molecule has 1 heterocycles. The molecule has 0 aliphatic carbocycles. The summed E-state index contributed by atoms with van der Waals surface area (Å²) in [5.74, 6) is 1.56. The van der Waals surface area contributed by atoms with E-state index in [1.54, 1.807) is 35.2 Å². The van der Waals surface area contributed by atoms with Gasteiger partial charge in [0.05, 0.1) is 21.3 Å². The van der Waals surface area contributed by atoms with Gasteiger partial charge in [0.25, 0.3) is 5.91 Å². The first-order valence-electron chi connectivity index (χ1n) is 9.21. The Morgan fingerprint density at radius 1 is 1.07 bits per heavy atom. The van der Waals surface area contributed by atoms with Gasteiger partial charge in [-0.25, -0.2) is 0 Å². The number of ether oxygens (including phenoxy) is 3. The number of carbonyl (C=O) groups is 1. The third kappa shape index (κ3) is 3.23. The Bertz CT molecular complexity index is 881. The fraction of sp³-hybridized carbons (Fsp3) is 0.409. The first-order chi connectivity index (χ1) is 13.2. The summed E-state index contributed by atoms with van der Waals surface area (Å²) in [6, 6.07) is 8.49. The zero-order chi connectivity index (χ0) is 20.6. The molecule has 28 heavy (non-hydrogen) atoms. The van der Waals surface area contributed by atoms with Crippen molar-refractivity contribution in [2.24, 2.45) is 0 Å². The molecule has 1 aliphatic rings. The van der Waals surface area contributed by atoms with E-state index >= 15 is 0 Å². The average Bonchev–Trinajstić information content (AvgIpc) is 2.66. The summed E-state index contributed by atoms with van der Waals surface area (Å²) in [6.45, 7) is 6.21. The van der Waals surface area contributed by atoms with E-state index in [1.807, 2.05) is 0 Å². The molecule has 2 aromatic rings. The summed E-state index contributed by atoms with van der Waals surface area (Å²) in [4.78, 5) is 15.4. The van der Waals surface area contributed by atoms with Crippen molar-refractivity contribution in [3.63, 3.8) is 0 Å². The van der Waals surface area contributed by atoms with E-state index in [1.165, 1.54) is 21.3 Å². The molecule has 1 N–H and O–H groups in total. The fourth-order valence-corrected chi connectivity index (χ4v) is 4.13. The molecule has 1 amide bonds. The minimum Gasteiger partial charge on any atom is -0.508 e. The van der Waals surface area contributed by atoms with Crippen LogP contribution >= 0.6 is 0 Å². The van der Waals surface area contributed by atoms with Crippen LogP contribution in [-0.4, -0.2) is 37.9 Å². The van der Waals surface area contributed by atoms with Crippen molar-refractivity contribution in [1.29, 1.82) is 0 Å². The Labute approximate surface area is 165 Å². The van der Waals surface area contributed by atoms with Gasteiger partial charge in [0.15, 0.2) is 11.5 Å². The first-order valence-corrected chi connectivity index (χ1v) is 9.21. The van der Waals surface area contributed by atoms with Gasteiger partial charge in [-0.2, -0.15) is 0 Å². The van der Waals surface area contributed by atoms with Crippen LogP contribution in [0.2, 0.25) is 0 Å². The highest BCUT2D eigenvalue weighted by Crippen LogP contribution is 2.46. The number of methoxy groups -OCH3 is 3. The third-order valence-corrected chi connectivity index (χ3v) is 5.31. The van der Waals surface area contributed by atoms with E-state index in [0.29, 0.717) is 22.8 Å². The van der Waals surface area contributed by atoms with Gasteiger partial charge in [0.1, 0.15) is 5.75 Å². The first kappa shape index (κ1) is 19.9. The summed E-state index contributed by atoms with van der Waals surface area (Å²) in [7, 11) is 4.58. The van der Waals surface area contributed by atoms with Gasteiger partial charge < -0.3 is 24.2 Å². The van der Waals surface area contributed by atoms with Crippen LogP contribution in [0, 0.1) is 0 Å². The SMILES string of the molecule is COc1cc(C(=O)N2c3ccc(O)cc3C(C)CC2(C)C)cc(OC)c1OC. The van der Waals surface area contributed by atoms with Crippen molar-refractivity contribution >= 4 is 11.6 Å². The van der Waals surface area contributed by atoms with Gasteiger partial charge in [-0.15, -0.1) is 0 Å². The summed E-state index contributed by atoms with van der Waals surface area (Å²) >= 11 is 0. The highest BCUT2D eigenvalue weighted by Gasteiger charge is 2.40. The minimum atomic E-state index is -0.402. The van der Waals surface area contributed by atoms with Crippen molar-refractivity contribution in [1.82, 2.24) is 0 Å². The van der Waals surface area contributed by atoms with Crippen LogP contribution in [0.4, 0.5) is 5.69 Å². The molecule has 1 aliphatic heterocycles. The molecule has 2 aromatic carbocycles. The topological polar surface area (TPSA) is 68.2 Å². The van der Waals surface area contributed by atoms with Crippen LogP contribution in [-0.2, 0) is 0 Å². The van der Waals surface area contributed by atoms with Gasteiger partial charge in [0, 0.05) is 16.8 Å². The zero-order valence-corrected chi connectivity index (χ0v) is 17.2. The van der Waals surface area contributed by atoms with E-state index in [-0.39, 0.29) is 17.6 Å². The van der Waals surface area contributed by atoms with E-state index in [9.17, 15) is 9.90 Å². The number of anilines is 1. The maximum atomic E-state index is 13.6. The van der Waals surface area contributed by atoms with Crippen molar-refractivity contribution < 1.29 is 24.1 Å². The summed E-state index contributed by atoms with van der Waals surface area (Å²) < 4.78 is 16.2. The predicted molar refractivity (Wildman–Crippen MR) is 108 cm³/mol. The normalized spacial score (nSPS) is 17.6. The molecule has 0 fully saturated rings. The van der Waals surface area contributed by atoms with Crippen LogP contribution < -0.4 is 19.1 Å². The number of amides is 1. The van der Waals surface area contributed by atoms with Gasteiger partial charge in [0.2, 0.25) is 5.75 Å². The number of hydrogen-bond acceptors (Lipinski definition) is 5. The van der Waals surface area contributed by atoms with Crippen molar-refractivity contribution in [2.45, 2.75) is 38.6 Å². The Kier molecular flexibility index (Phi) is 5.15. The molecule has 0 saturated carbocycles. The summed E-state index contributed by atoms with van der Waals surface area (Å²) in [5.41, 5.74) is 1.80. The summed E-state index contributed by atoms with van der Waals surface area (Å²) in [5, 5.41) is 9.92. The van der Waals surface area contributed by atoms with Crippen LogP contribution in [0.1, 0.15) is 49.0 Å². The van der Waals surface area contributed by atoms with E-state index < -0.39 is 5.54 Å². The lowest BCUT2D eigenvalue weighted by atomic mass is 9.79. The number of aromatic hydroxyl groups is 1. The second-order valence-electron chi connectivity index (χ2n) is 7.72. The lowest BCUT2D eigenvalue weighted by Gasteiger charge is -2.46. The standard InChI is InChI=1S/C22H27NO5/c1-13-12-22(2,3)23(17-8-7-15(24)11-16(13)17)21(25)14-9-18(26-4)20(28-6)19(10-14)27-5/h7-11,13,24H,12H2,1-6H3. The number of phenols is 1. The van der Waals surface area contributed by atoms with Crippen molar-refractivity contribution in [3.05, 3.63) is 41.5 Å². The molecule has 0 radical (unpaired) electrons. The summed E-state index contributed by atoms with van der Waals surface area (Å²) in [6.07, 6.45) is 0.777. The van der Waals surface area contributed by atoms with Crippen LogP contribution in [0.25, 0.3) is 0 Å². The maximum absolute atomic E-state index is 13.6. The number of carbonyl (C=O) groups excluding carboxylic acids is 1. The molecule has 1 atom stereocenters. The van der Waals surface area contributed by atoms with E-state index in [2.05, 4.69) is 20.8 Å². The Hall–Kier alpha value is -2.89. The lowest BCUT2D eigenvalue weighted by Crippen LogP contribution is -2.51. The number of benzene rings is 2. The van der Waals surface area contributed by atoms with Crippen LogP contribution in [0.15, 0.2) is 30.3 Å². The quantitative estimate of drug-likeness (QED) is 0.847. The molecular weight excluding hydrogens is 358 g/mol. The smallest absolute Gasteiger partial charge is 0.259 e. The second-order valence-corrected chi connectivity index (χ2v) is 7.72. The fourth-order valence-electron chi connectivity index (χ4n) is 4.13. The molecule has 6 nitrogen and oxygen atoms in total. The highest BCUT2D eigenvalue weighted by molar-refractivity contribution is 6.08. The van der Waals surface area contributed by atoms with Crippen LogP contribution in [0.3, 0.4) is 0 Å². The lowest BCUT2D eigenvalue weighted by molar-refractivity contribution is 0.0953. The van der Waals surface area contributed by atoms with E-state index in [4.69, 9.17) is 14.2 Å². The Balaban J connectivity index is 2.15. The van der Waals surface area contributed by atoms with Gasteiger partial charge in [-0.3, -0.25) is 4.79 Å². The predicted octanol–water partition coefficient (Wildman–Crippen LogP) is 4.35. The largest absolute Gasteiger partial charge is 0.508 e. The van der Waals surface area contributed by atoms with Crippen molar-refractivity contribution in [3.8, 4) is 23.0 Å². The van der Waals surface area contributed by atoms with Crippen molar-refractivity contribution in [2.75, 3.05) is 26.2 Å². The number of nitrogens with zero attached hydrogens (tertiary/aromatic N) is 1. The molecular formula is C22H27NO5. The molecule has 1 unspecified atom stereocenters. The number of phenolic OH excluding ortho intramolecular Hbond substituents is 1. The molecule has 0 spiro atoms. The number of fused-ring (bicyclic) bond motifs is 1. The molecule has 150 valence electrons. The molecule has 0 bridgehead atoms. The zero-order valence-electron chi connectivity index (χ0n) is 17.2. The van der Waals surface area contributed by atoms with E-state index in [0.717, 1.165) is 17.7 Å². The Morgan fingerprint density at radius 3 is 2.21 bits per heavy atom. The third-order valence-electron chi connectivity index (χ3n) is 5.31. The van der Waals surface area contributed by atoms with Crippen LogP contribution in [0.5, 0.6) is 23.0 Å². The van der Waals surface area contributed by atoms with Gasteiger partial charge in [-0.1, -0.05) is 6.92 Å². The number of hydrogen-bond donors (Lipinski definition) is 1. The molecule has 0 saturated heterocycles. The van der Waals surface area contributed by atoms with Gasteiger partial charge in [-0.05, 0) is 62.1 Å². The Morgan fingerprint density at radius 2 is 1.68 bits per heavy atom. The highest BCUT2D eigenvalue weighted by atomic mass is 16.5. The average molecular weight is 385 g/mol. The second kappa shape index (κ2) is 7.26. The molecule has 0 aromatic heterocycles. The number of rotatable bonds is 4. The molecule has 3 rings (SSSR count). The monoisotopic (exact) mass is 385 g/mol. The maximum Gasteiger partial charge on any atom is 0.259 e. The molecule has 6 heteroatoms. The minimum absolute atomic E-state index is 0.164. The van der Waals surface area contributed by atoms with Gasteiger partial charge >= 0.3 is 0 Å².